The van der Waals surface area contributed by atoms with Gasteiger partial charge in [0, 0.05) is 0 Å². The molecule has 0 bridgehead atoms. The van der Waals surface area contributed by atoms with E-state index in [1.54, 1.807) is 0 Å². The Labute approximate surface area is 88.7 Å². The Balaban J connectivity index is 1.94. The molecule has 3 unspecified atom stereocenters. The van der Waals surface area contributed by atoms with E-state index in [0.717, 1.165) is 17.8 Å². The van der Waals surface area contributed by atoms with Crippen molar-refractivity contribution in [3.8, 4) is 0 Å². The fourth-order valence-electron chi connectivity index (χ4n) is 3.71. The summed E-state index contributed by atoms with van der Waals surface area (Å²) < 4.78 is 0. The van der Waals surface area contributed by atoms with Gasteiger partial charge in [0.2, 0.25) is 0 Å². The lowest BCUT2D eigenvalue weighted by molar-refractivity contribution is 0.0942. The second kappa shape index (κ2) is 3.84. The van der Waals surface area contributed by atoms with Crippen LogP contribution in [0.3, 0.4) is 0 Å². The van der Waals surface area contributed by atoms with Crippen molar-refractivity contribution in [2.75, 3.05) is 13.1 Å². The van der Waals surface area contributed by atoms with Crippen LogP contribution in [0.2, 0.25) is 0 Å². The molecule has 0 aromatic rings. The largest absolute Gasteiger partial charge is 0.316 e. The Morgan fingerprint density at radius 3 is 2.57 bits per heavy atom. The van der Waals surface area contributed by atoms with Gasteiger partial charge in [0.25, 0.3) is 0 Å². The van der Waals surface area contributed by atoms with Crippen molar-refractivity contribution in [2.45, 2.75) is 46.5 Å². The maximum atomic E-state index is 3.51. The zero-order valence-electron chi connectivity index (χ0n) is 9.97. The molecule has 1 saturated carbocycles. The van der Waals surface area contributed by atoms with Crippen molar-refractivity contribution in [1.29, 1.82) is 0 Å². The SMILES string of the molecule is CC1CC(C)(C)CCC1C1CCNC1. The average molecular weight is 195 g/mol. The van der Waals surface area contributed by atoms with Crippen molar-refractivity contribution < 1.29 is 0 Å². The average Bonchev–Trinajstić information content (AvgIpc) is 2.54. The normalized spacial score (nSPS) is 42.6. The molecule has 0 radical (unpaired) electrons. The molecule has 1 aliphatic carbocycles. The molecule has 1 heteroatoms. The van der Waals surface area contributed by atoms with Crippen molar-refractivity contribution in [2.24, 2.45) is 23.2 Å². The molecule has 1 N–H and O–H groups in total. The zero-order chi connectivity index (χ0) is 10.2. The van der Waals surface area contributed by atoms with E-state index in [-0.39, 0.29) is 0 Å². The van der Waals surface area contributed by atoms with Gasteiger partial charge in [-0.3, -0.25) is 0 Å². The van der Waals surface area contributed by atoms with Gasteiger partial charge in [0.15, 0.2) is 0 Å². The van der Waals surface area contributed by atoms with Gasteiger partial charge in [0.05, 0.1) is 0 Å². The summed E-state index contributed by atoms with van der Waals surface area (Å²) in [7, 11) is 0. The van der Waals surface area contributed by atoms with Crippen molar-refractivity contribution >= 4 is 0 Å². The second-order valence-corrected chi connectivity index (χ2v) is 6.30. The summed E-state index contributed by atoms with van der Waals surface area (Å²) in [5.41, 5.74) is 0.613. The van der Waals surface area contributed by atoms with E-state index in [2.05, 4.69) is 26.1 Å². The number of hydrogen-bond donors (Lipinski definition) is 1. The van der Waals surface area contributed by atoms with E-state index in [1.807, 2.05) is 0 Å². The third kappa shape index (κ3) is 2.13. The highest BCUT2D eigenvalue weighted by atomic mass is 14.9. The van der Waals surface area contributed by atoms with Gasteiger partial charge in [-0.05, 0) is 61.9 Å². The van der Waals surface area contributed by atoms with E-state index in [1.165, 1.54) is 38.8 Å². The summed E-state index contributed by atoms with van der Waals surface area (Å²) in [6, 6.07) is 0. The summed E-state index contributed by atoms with van der Waals surface area (Å²) in [4.78, 5) is 0. The van der Waals surface area contributed by atoms with Crippen LogP contribution in [0.1, 0.15) is 46.5 Å². The van der Waals surface area contributed by atoms with Crippen LogP contribution in [0.25, 0.3) is 0 Å². The lowest BCUT2D eigenvalue weighted by atomic mass is 9.64. The molecule has 1 aliphatic heterocycles. The first kappa shape index (κ1) is 10.5. The number of hydrogen-bond acceptors (Lipinski definition) is 1. The molecule has 2 aliphatic rings. The lowest BCUT2D eigenvalue weighted by Gasteiger charge is -2.41. The Bertz CT molecular complexity index is 191. The summed E-state index contributed by atoms with van der Waals surface area (Å²) in [5.74, 6) is 2.95. The van der Waals surface area contributed by atoms with E-state index >= 15 is 0 Å². The summed E-state index contributed by atoms with van der Waals surface area (Å²) in [6.07, 6.45) is 5.78. The molecular weight excluding hydrogens is 170 g/mol. The molecule has 3 atom stereocenters. The topological polar surface area (TPSA) is 12.0 Å². The maximum Gasteiger partial charge on any atom is -0.00173 e. The first-order valence-corrected chi connectivity index (χ1v) is 6.29. The van der Waals surface area contributed by atoms with E-state index < -0.39 is 0 Å². The van der Waals surface area contributed by atoms with Crippen molar-refractivity contribution in [3.63, 3.8) is 0 Å². The molecule has 1 saturated heterocycles. The van der Waals surface area contributed by atoms with Crippen molar-refractivity contribution in [3.05, 3.63) is 0 Å². The van der Waals surface area contributed by atoms with Crippen LogP contribution < -0.4 is 5.32 Å². The third-order valence-electron chi connectivity index (χ3n) is 4.46. The molecule has 2 fully saturated rings. The smallest absolute Gasteiger partial charge is 0.00173 e. The summed E-state index contributed by atoms with van der Waals surface area (Å²) in [6.45, 7) is 9.90. The van der Waals surface area contributed by atoms with Gasteiger partial charge in [0.1, 0.15) is 0 Å². The molecule has 0 amide bonds. The molecule has 0 aromatic heterocycles. The molecule has 14 heavy (non-hydrogen) atoms. The minimum Gasteiger partial charge on any atom is -0.316 e. The van der Waals surface area contributed by atoms with Crippen LogP contribution in [0.4, 0.5) is 0 Å². The number of nitrogens with one attached hydrogen (secondary N) is 1. The zero-order valence-corrected chi connectivity index (χ0v) is 9.97. The van der Waals surface area contributed by atoms with Gasteiger partial charge in [-0.2, -0.15) is 0 Å². The minimum absolute atomic E-state index is 0.613. The van der Waals surface area contributed by atoms with Crippen LogP contribution in [-0.4, -0.2) is 13.1 Å². The predicted molar refractivity (Wildman–Crippen MR) is 61.3 cm³/mol. The first-order chi connectivity index (χ1) is 6.58. The fourth-order valence-corrected chi connectivity index (χ4v) is 3.71. The quantitative estimate of drug-likeness (QED) is 0.678. The van der Waals surface area contributed by atoms with Gasteiger partial charge in [-0.25, -0.2) is 0 Å². The molecule has 82 valence electrons. The van der Waals surface area contributed by atoms with Crippen LogP contribution in [0.5, 0.6) is 0 Å². The third-order valence-corrected chi connectivity index (χ3v) is 4.46. The minimum atomic E-state index is 0.613. The van der Waals surface area contributed by atoms with E-state index in [4.69, 9.17) is 0 Å². The molecular formula is C13H25N. The van der Waals surface area contributed by atoms with Gasteiger partial charge in [-0.1, -0.05) is 20.8 Å². The fraction of sp³-hybridized carbons (Fsp3) is 1.00. The van der Waals surface area contributed by atoms with Crippen molar-refractivity contribution in [1.82, 2.24) is 5.32 Å². The van der Waals surface area contributed by atoms with Gasteiger partial charge >= 0.3 is 0 Å². The second-order valence-electron chi connectivity index (χ2n) is 6.30. The predicted octanol–water partition coefficient (Wildman–Crippen LogP) is 3.06. The Morgan fingerprint density at radius 1 is 1.21 bits per heavy atom. The Kier molecular flexibility index (Phi) is 2.88. The first-order valence-electron chi connectivity index (χ1n) is 6.29. The molecule has 1 heterocycles. The van der Waals surface area contributed by atoms with Gasteiger partial charge in [-0.15, -0.1) is 0 Å². The van der Waals surface area contributed by atoms with Crippen LogP contribution >= 0.6 is 0 Å². The van der Waals surface area contributed by atoms with Crippen LogP contribution in [0, 0.1) is 23.2 Å². The van der Waals surface area contributed by atoms with E-state index in [9.17, 15) is 0 Å². The molecule has 0 spiro atoms. The summed E-state index contributed by atoms with van der Waals surface area (Å²) >= 11 is 0. The summed E-state index contributed by atoms with van der Waals surface area (Å²) in [5, 5.41) is 3.51. The maximum absolute atomic E-state index is 3.51. The molecule has 1 nitrogen and oxygen atoms in total. The Hall–Kier alpha value is -0.0400. The highest BCUT2D eigenvalue weighted by molar-refractivity contribution is 4.88. The van der Waals surface area contributed by atoms with Crippen LogP contribution in [0.15, 0.2) is 0 Å². The van der Waals surface area contributed by atoms with Crippen LogP contribution in [-0.2, 0) is 0 Å². The number of rotatable bonds is 1. The Morgan fingerprint density at radius 2 is 2.00 bits per heavy atom. The monoisotopic (exact) mass is 195 g/mol. The van der Waals surface area contributed by atoms with Gasteiger partial charge < -0.3 is 5.32 Å². The molecule has 2 rings (SSSR count). The van der Waals surface area contributed by atoms with E-state index in [0.29, 0.717) is 5.41 Å². The highest BCUT2D eigenvalue weighted by Gasteiger charge is 2.36. The lowest BCUT2D eigenvalue weighted by Crippen LogP contribution is -2.33. The molecule has 0 aromatic carbocycles. The standard InChI is InChI=1S/C13H25N/c1-10-8-13(2,3)6-4-12(10)11-5-7-14-9-11/h10-12,14H,4-9H2,1-3H3. The highest BCUT2D eigenvalue weighted by Crippen LogP contribution is 2.45.